The molecule has 0 unspecified atom stereocenters. The Bertz CT molecular complexity index is 553. The maximum absolute atomic E-state index is 12.8. The molecule has 0 aliphatic carbocycles. The van der Waals surface area contributed by atoms with E-state index in [1.807, 2.05) is 26.8 Å². The van der Waals surface area contributed by atoms with Crippen LogP contribution in [-0.4, -0.2) is 25.8 Å². The summed E-state index contributed by atoms with van der Waals surface area (Å²) in [6.07, 6.45) is 1.86. The molecule has 0 aliphatic rings. The van der Waals surface area contributed by atoms with Crippen LogP contribution in [0.3, 0.4) is 0 Å². The van der Waals surface area contributed by atoms with Crippen LogP contribution in [0.4, 0.5) is 0 Å². The summed E-state index contributed by atoms with van der Waals surface area (Å²) in [6.45, 7) is 9.16. The molecule has 0 radical (unpaired) electrons. The predicted octanol–water partition coefficient (Wildman–Crippen LogP) is 2.57. The summed E-state index contributed by atoms with van der Waals surface area (Å²) < 4.78 is 27.1. The van der Waals surface area contributed by atoms with Gasteiger partial charge in [-0.05, 0) is 43.0 Å². The van der Waals surface area contributed by atoms with E-state index in [0.29, 0.717) is 24.5 Å². The first-order valence-electron chi connectivity index (χ1n) is 7.18. The van der Waals surface area contributed by atoms with E-state index in [4.69, 9.17) is 5.73 Å². The van der Waals surface area contributed by atoms with Crippen LogP contribution in [0.5, 0.6) is 0 Å². The number of unbranched alkanes of at least 4 members (excludes halogenated alkanes) is 1. The third-order valence-corrected chi connectivity index (χ3v) is 5.70. The van der Waals surface area contributed by atoms with Gasteiger partial charge >= 0.3 is 0 Å². The molecule has 0 bridgehead atoms. The Kier molecular flexibility index (Phi) is 6.17. The first kappa shape index (κ1) is 17.1. The molecule has 1 aromatic carbocycles. The highest BCUT2D eigenvalue weighted by atomic mass is 32.2. The minimum atomic E-state index is -3.43. The molecule has 2 N–H and O–H groups in total. The van der Waals surface area contributed by atoms with E-state index in [-0.39, 0.29) is 0 Å². The lowest BCUT2D eigenvalue weighted by atomic mass is 10.1. The van der Waals surface area contributed by atoms with Crippen LogP contribution in [0.25, 0.3) is 0 Å². The highest BCUT2D eigenvalue weighted by molar-refractivity contribution is 7.89. The molecule has 0 spiro atoms. The number of hydrogen-bond acceptors (Lipinski definition) is 3. The lowest BCUT2D eigenvalue weighted by Crippen LogP contribution is -2.32. The third-order valence-electron chi connectivity index (χ3n) is 3.59. The highest BCUT2D eigenvalue weighted by Crippen LogP contribution is 2.24. The highest BCUT2D eigenvalue weighted by Gasteiger charge is 2.25. The number of hydrogen-bond donors (Lipinski definition) is 1. The Morgan fingerprint density at radius 1 is 1.15 bits per heavy atom. The van der Waals surface area contributed by atoms with Gasteiger partial charge in [0.1, 0.15) is 0 Å². The molecule has 0 aromatic heterocycles. The van der Waals surface area contributed by atoms with E-state index in [2.05, 4.69) is 6.92 Å². The molecular formula is C15H26N2O2S. The van der Waals surface area contributed by atoms with E-state index in [0.717, 1.165) is 29.5 Å². The average molecular weight is 298 g/mol. The molecule has 1 aromatic rings. The largest absolute Gasteiger partial charge is 0.326 e. The zero-order chi connectivity index (χ0) is 15.3. The summed E-state index contributed by atoms with van der Waals surface area (Å²) in [5, 5.41) is 0. The van der Waals surface area contributed by atoms with Gasteiger partial charge in [0.25, 0.3) is 0 Å². The molecule has 0 aliphatic heterocycles. The van der Waals surface area contributed by atoms with Crippen LogP contribution in [0.2, 0.25) is 0 Å². The van der Waals surface area contributed by atoms with E-state index in [9.17, 15) is 8.42 Å². The lowest BCUT2D eigenvalue weighted by Gasteiger charge is -2.22. The quantitative estimate of drug-likeness (QED) is 0.841. The van der Waals surface area contributed by atoms with E-state index < -0.39 is 10.0 Å². The van der Waals surface area contributed by atoms with Crippen LogP contribution in [0, 0.1) is 13.8 Å². The fourth-order valence-corrected chi connectivity index (χ4v) is 4.04. The van der Waals surface area contributed by atoms with Crippen LogP contribution in [0.1, 0.15) is 43.4 Å². The molecule has 5 heteroatoms. The summed E-state index contributed by atoms with van der Waals surface area (Å²) in [6, 6.07) is 3.64. The fourth-order valence-electron chi connectivity index (χ4n) is 2.29. The Hall–Kier alpha value is -0.910. The van der Waals surface area contributed by atoms with Crippen molar-refractivity contribution in [1.82, 2.24) is 4.31 Å². The van der Waals surface area contributed by atoms with Crippen LogP contribution < -0.4 is 5.73 Å². The van der Waals surface area contributed by atoms with Gasteiger partial charge in [0.15, 0.2) is 0 Å². The van der Waals surface area contributed by atoms with Gasteiger partial charge in [0.2, 0.25) is 10.0 Å². The van der Waals surface area contributed by atoms with E-state index >= 15 is 0 Å². The van der Waals surface area contributed by atoms with E-state index in [1.165, 1.54) is 0 Å². The normalized spacial score (nSPS) is 12.1. The van der Waals surface area contributed by atoms with Crippen LogP contribution in [-0.2, 0) is 16.6 Å². The minimum absolute atomic E-state index is 0.357. The zero-order valence-electron chi connectivity index (χ0n) is 12.9. The van der Waals surface area contributed by atoms with Crippen molar-refractivity contribution in [2.75, 3.05) is 13.1 Å². The van der Waals surface area contributed by atoms with Crippen molar-refractivity contribution in [2.24, 2.45) is 5.73 Å². The average Bonchev–Trinajstić information content (AvgIpc) is 2.39. The van der Waals surface area contributed by atoms with Gasteiger partial charge in [0, 0.05) is 19.6 Å². The number of rotatable bonds is 7. The van der Waals surface area contributed by atoms with Crippen molar-refractivity contribution in [1.29, 1.82) is 0 Å². The van der Waals surface area contributed by atoms with Crippen molar-refractivity contribution >= 4 is 10.0 Å². The summed E-state index contributed by atoms with van der Waals surface area (Å²) in [7, 11) is -3.43. The van der Waals surface area contributed by atoms with Gasteiger partial charge in [-0.15, -0.1) is 0 Å². The molecule has 4 nitrogen and oxygen atoms in total. The smallest absolute Gasteiger partial charge is 0.243 e. The van der Waals surface area contributed by atoms with Crippen molar-refractivity contribution in [3.8, 4) is 0 Å². The van der Waals surface area contributed by atoms with Crippen molar-refractivity contribution in [2.45, 2.75) is 52.0 Å². The summed E-state index contributed by atoms with van der Waals surface area (Å²) in [4.78, 5) is 0.390. The Balaban J connectivity index is 3.26. The molecule has 0 amide bonds. The topological polar surface area (TPSA) is 63.4 Å². The Morgan fingerprint density at radius 2 is 1.80 bits per heavy atom. The molecule has 114 valence electrons. The standard InChI is InChI=1S/C15H26N2O2S/c1-5-7-8-17(6-2)20(18,19)15-10-14(11-16)12(3)9-13(15)4/h9-10H,5-8,11,16H2,1-4H3. The monoisotopic (exact) mass is 298 g/mol. The van der Waals surface area contributed by atoms with Gasteiger partial charge < -0.3 is 5.73 Å². The zero-order valence-corrected chi connectivity index (χ0v) is 13.8. The van der Waals surface area contributed by atoms with Gasteiger partial charge in [-0.3, -0.25) is 0 Å². The van der Waals surface area contributed by atoms with Crippen LogP contribution >= 0.6 is 0 Å². The third kappa shape index (κ3) is 3.59. The maximum atomic E-state index is 12.8. The predicted molar refractivity (Wildman–Crippen MR) is 83.1 cm³/mol. The first-order chi connectivity index (χ1) is 9.38. The van der Waals surface area contributed by atoms with Crippen LogP contribution in [0.15, 0.2) is 17.0 Å². The minimum Gasteiger partial charge on any atom is -0.326 e. The number of nitrogens with zero attached hydrogens (tertiary/aromatic N) is 1. The molecular weight excluding hydrogens is 272 g/mol. The summed E-state index contributed by atoms with van der Waals surface area (Å²) in [5.41, 5.74) is 8.41. The number of nitrogens with two attached hydrogens (primary N) is 1. The Labute approximate surface area is 123 Å². The second-order valence-corrected chi connectivity index (χ2v) is 7.00. The van der Waals surface area contributed by atoms with Crippen molar-refractivity contribution in [3.63, 3.8) is 0 Å². The van der Waals surface area contributed by atoms with Gasteiger partial charge in [0.05, 0.1) is 4.90 Å². The van der Waals surface area contributed by atoms with Gasteiger partial charge in [-0.25, -0.2) is 8.42 Å². The number of aryl methyl sites for hydroxylation is 2. The SMILES string of the molecule is CCCCN(CC)S(=O)(=O)c1cc(CN)c(C)cc1C. The molecule has 0 saturated carbocycles. The molecule has 20 heavy (non-hydrogen) atoms. The lowest BCUT2D eigenvalue weighted by molar-refractivity contribution is 0.418. The molecule has 0 fully saturated rings. The maximum Gasteiger partial charge on any atom is 0.243 e. The fraction of sp³-hybridized carbons (Fsp3) is 0.600. The molecule has 1 rings (SSSR count). The molecule has 0 saturated heterocycles. The van der Waals surface area contributed by atoms with Crippen molar-refractivity contribution < 1.29 is 8.42 Å². The summed E-state index contributed by atoms with van der Waals surface area (Å²) >= 11 is 0. The van der Waals surface area contributed by atoms with Gasteiger partial charge in [-0.2, -0.15) is 4.31 Å². The first-order valence-corrected chi connectivity index (χ1v) is 8.62. The second-order valence-electron chi connectivity index (χ2n) is 5.10. The van der Waals surface area contributed by atoms with Gasteiger partial charge in [-0.1, -0.05) is 26.3 Å². The Morgan fingerprint density at radius 3 is 2.30 bits per heavy atom. The number of sulfonamides is 1. The van der Waals surface area contributed by atoms with Crippen molar-refractivity contribution in [3.05, 3.63) is 28.8 Å². The second kappa shape index (κ2) is 7.20. The molecule has 0 heterocycles. The number of benzene rings is 1. The summed E-state index contributed by atoms with van der Waals surface area (Å²) in [5.74, 6) is 0. The molecule has 0 atom stereocenters. The van der Waals surface area contributed by atoms with E-state index in [1.54, 1.807) is 10.4 Å².